The van der Waals surface area contributed by atoms with Gasteiger partial charge in [0.25, 0.3) is 0 Å². The minimum Gasteiger partial charge on any atom is -0.360 e. The Hall–Kier alpha value is -2.93. The van der Waals surface area contributed by atoms with E-state index in [9.17, 15) is 9.18 Å². The van der Waals surface area contributed by atoms with Crippen LogP contribution in [-0.2, 0) is 0 Å². The van der Waals surface area contributed by atoms with Gasteiger partial charge in [-0.1, -0.05) is 30.0 Å². The van der Waals surface area contributed by atoms with Gasteiger partial charge in [-0.05, 0) is 49.6 Å². The molecule has 0 saturated heterocycles. The summed E-state index contributed by atoms with van der Waals surface area (Å²) in [5, 5.41) is 11.0. The highest BCUT2D eigenvalue weighted by atomic mass is 32.2. The number of benzene rings is 2. The first-order valence-electron chi connectivity index (χ1n) is 10.1. The van der Waals surface area contributed by atoms with E-state index in [1.165, 1.54) is 12.1 Å². The molecule has 1 aliphatic rings. The van der Waals surface area contributed by atoms with E-state index in [1.54, 1.807) is 23.9 Å². The monoisotopic (exact) mass is 420 g/mol. The van der Waals surface area contributed by atoms with Crippen molar-refractivity contribution in [3.05, 3.63) is 66.1 Å². The molecule has 1 fully saturated rings. The second-order valence-electron chi connectivity index (χ2n) is 7.54. The summed E-state index contributed by atoms with van der Waals surface area (Å²) in [7, 11) is 0. The van der Waals surface area contributed by atoms with Crippen LogP contribution in [0.15, 0.2) is 59.9 Å². The molecule has 0 aliphatic heterocycles. The zero-order valence-corrected chi connectivity index (χ0v) is 17.2. The van der Waals surface area contributed by atoms with Crippen LogP contribution < -0.4 is 0 Å². The second kappa shape index (κ2) is 8.07. The number of hydrogen-bond acceptors (Lipinski definition) is 4. The first-order chi connectivity index (χ1) is 14.7. The summed E-state index contributed by atoms with van der Waals surface area (Å²) < 4.78 is 15.3. The molecule has 2 aromatic carbocycles. The molecule has 5 rings (SSSR count). The van der Waals surface area contributed by atoms with Gasteiger partial charge in [0.15, 0.2) is 16.8 Å². The van der Waals surface area contributed by atoms with Crippen LogP contribution in [0.1, 0.15) is 42.1 Å². The van der Waals surface area contributed by atoms with Crippen LogP contribution in [0.5, 0.6) is 0 Å². The summed E-state index contributed by atoms with van der Waals surface area (Å²) in [5.41, 5.74) is 2.72. The summed E-state index contributed by atoms with van der Waals surface area (Å²) in [6.07, 6.45) is 5.46. The van der Waals surface area contributed by atoms with Crippen LogP contribution >= 0.6 is 11.8 Å². The van der Waals surface area contributed by atoms with E-state index in [1.807, 2.05) is 18.3 Å². The van der Waals surface area contributed by atoms with Crippen molar-refractivity contribution < 1.29 is 9.18 Å². The molecule has 0 bridgehead atoms. The summed E-state index contributed by atoms with van der Waals surface area (Å²) in [6, 6.07) is 14.4. The SMILES string of the molecule is O=C(CCCSc1nnc(-c2c[nH]c3ccccc23)n1C1CC1)c1ccc(F)cc1. The van der Waals surface area contributed by atoms with E-state index in [0.717, 1.165) is 52.5 Å². The number of Topliss-reactive ketones (excluding diaryl/α,β-unsaturated/α-hetero) is 1. The van der Waals surface area contributed by atoms with Crippen LogP contribution in [0.4, 0.5) is 4.39 Å². The normalized spacial score (nSPS) is 13.8. The van der Waals surface area contributed by atoms with Gasteiger partial charge in [0.1, 0.15) is 5.82 Å². The van der Waals surface area contributed by atoms with Crippen molar-refractivity contribution in [1.82, 2.24) is 19.7 Å². The molecule has 30 heavy (non-hydrogen) atoms. The van der Waals surface area contributed by atoms with E-state index in [0.29, 0.717) is 18.0 Å². The molecular weight excluding hydrogens is 399 g/mol. The Morgan fingerprint density at radius 3 is 2.73 bits per heavy atom. The summed E-state index contributed by atoms with van der Waals surface area (Å²) in [6.45, 7) is 0. The maximum atomic E-state index is 13.0. The molecule has 1 saturated carbocycles. The van der Waals surface area contributed by atoms with E-state index >= 15 is 0 Å². The molecule has 0 unspecified atom stereocenters. The predicted molar refractivity (Wildman–Crippen MR) is 116 cm³/mol. The topological polar surface area (TPSA) is 63.6 Å². The number of fused-ring (bicyclic) bond motifs is 1. The van der Waals surface area contributed by atoms with Crippen molar-refractivity contribution in [2.24, 2.45) is 0 Å². The van der Waals surface area contributed by atoms with Crippen molar-refractivity contribution in [2.45, 2.75) is 36.9 Å². The van der Waals surface area contributed by atoms with E-state index in [4.69, 9.17) is 0 Å². The Bertz CT molecular complexity index is 1190. The van der Waals surface area contributed by atoms with Gasteiger partial charge in [-0.25, -0.2) is 4.39 Å². The largest absolute Gasteiger partial charge is 0.360 e. The minimum absolute atomic E-state index is 0.0405. The summed E-state index contributed by atoms with van der Waals surface area (Å²) >= 11 is 1.65. The van der Waals surface area contributed by atoms with Gasteiger partial charge in [-0.3, -0.25) is 9.36 Å². The van der Waals surface area contributed by atoms with Gasteiger partial charge in [-0.15, -0.1) is 10.2 Å². The molecule has 4 aromatic rings. The lowest BCUT2D eigenvalue weighted by Crippen LogP contribution is -2.01. The lowest BCUT2D eigenvalue weighted by atomic mass is 10.1. The molecular formula is C23H21FN4OS. The van der Waals surface area contributed by atoms with Crippen LogP contribution in [-0.4, -0.2) is 31.3 Å². The third-order valence-electron chi connectivity index (χ3n) is 5.35. The van der Waals surface area contributed by atoms with Gasteiger partial charge in [0.2, 0.25) is 0 Å². The molecule has 0 spiro atoms. The van der Waals surface area contributed by atoms with Gasteiger partial charge in [0, 0.05) is 46.4 Å². The van der Waals surface area contributed by atoms with Gasteiger partial charge in [0.05, 0.1) is 0 Å². The smallest absolute Gasteiger partial charge is 0.191 e. The average Bonchev–Trinajstić information content (AvgIpc) is 3.38. The number of thioether (sulfide) groups is 1. The molecule has 0 atom stereocenters. The number of rotatable bonds is 8. The van der Waals surface area contributed by atoms with Crippen molar-refractivity contribution >= 4 is 28.4 Å². The molecule has 1 aliphatic carbocycles. The van der Waals surface area contributed by atoms with Crippen LogP contribution in [0.3, 0.4) is 0 Å². The number of halogens is 1. The molecule has 0 amide bonds. The van der Waals surface area contributed by atoms with Gasteiger partial charge >= 0.3 is 0 Å². The lowest BCUT2D eigenvalue weighted by molar-refractivity contribution is 0.0982. The first-order valence-corrected chi connectivity index (χ1v) is 11.1. The predicted octanol–water partition coefficient (Wildman–Crippen LogP) is 5.66. The number of nitrogens with one attached hydrogen (secondary N) is 1. The molecule has 2 aromatic heterocycles. The highest BCUT2D eigenvalue weighted by molar-refractivity contribution is 7.99. The van der Waals surface area contributed by atoms with Crippen molar-refractivity contribution in [2.75, 3.05) is 5.75 Å². The van der Waals surface area contributed by atoms with Crippen molar-refractivity contribution in [3.63, 3.8) is 0 Å². The Kier molecular flexibility index (Phi) is 5.12. The number of carbonyl (C=O) groups excluding carboxylic acids is 1. The fraction of sp³-hybridized carbons (Fsp3) is 0.261. The summed E-state index contributed by atoms with van der Waals surface area (Å²) in [5.74, 6) is 1.40. The fourth-order valence-corrected chi connectivity index (χ4v) is 4.60. The molecule has 152 valence electrons. The highest BCUT2D eigenvalue weighted by Crippen LogP contribution is 2.42. The van der Waals surface area contributed by atoms with E-state index in [-0.39, 0.29) is 11.6 Å². The molecule has 2 heterocycles. The molecule has 1 N–H and O–H groups in total. The van der Waals surface area contributed by atoms with Crippen molar-refractivity contribution in [1.29, 1.82) is 0 Å². The number of para-hydroxylation sites is 1. The molecule has 7 heteroatoms. The highest BCUT2D eigenvalue weighted by Gasteiger charge is 2.30. The number of carbonyl (C=O) groups is 1. The molecule has 5 nitrogen and oxygen atoms in total. The zero-order chi connectivity index (χ0) is 20.5. The van der Waals surface area contributed by atoms with Crippen LogP contribution in [0.25, 0.3) is 22.3 Å². The standard InChI is InChI=1S/C23H21FN4OS/c24-16-9-7-15(8-10-16)21(29)6-3-13-30-23-27-26-22(28(23)17-11-12-17)19-14-25-20-5-2-1-4-18(19)20/h1-2,4-5,7-10,14,17,25H,3,6,11-13H2. The minimum atomic E-state index is -0.326. The third-order valence-corrected chi connectivity index (χ3v) is 6.38. The van der Waals surface area contributed by atoms with Gasteiger partial charge in [-0.2, -0.15) is 0 Å². The number of nitrogens with zero attached hydrogens (tertiary/aromatic N) is 3. The average molecular weight is 421 g/mol. The first kappa shape index (κ1) is 19.1. The van der Waals surface area contributed by atoms with E-state index in [2.05, 4.69) is 31.9 Å². The number of ketones is 1. The quantitative estimate of drug-likeness (QED) is 0.227. The number of aromatic amines is 1. The van der Waals surface area contributed by atoms with Crippen LogP contribution in [0, 0.1) is 5.82 Å². The summed E-state index contributed by atoms with van der Waals surface area (Å²) in [4.78, 5) is 15.6. The fourth-order valence-electron chi connectivity index (χ4n) is 3.65. The Morgan fingerprint density at radius 1 is 1.13 bits per heavy atom. The van der Waals surface area contributed by atoms with Crippen molar-refractivity contribution in [3.8, 4) is 11.4 Å². The maximum absolute atomic E-state index is 13.0. The number of aromatic nitrogens is 4. The Balaban J connectivity index is 1.28. The maximum Gasteiger partial charge on any atom is 0.191 e. The third kappa shape index (κ3) is 3.77. The number of hydrogen-bond donors (Lipinski definition) is 1. The molecule has 0 radical (unpaired) electrons. The van der Waals surface area contributed by atoms with Crippen LogP contribution in [0.2, 0.25) is 0 Å². The second-order valence-corrected chi connectivity index (χ2v) is 8.60. The Labute approximate surface area is 177 Å². The Morgan fingerprint density at radius 2 is 1.93 bits per heavy atom. The zero-order valence-electron chi connectivity index (χ0n) is 16.3. The van der Waals surface area contributed by atoms with Gasteiger partial charge < -0.3 is 4.98 Å². The number of H-pyrrole nitrogens is 1. The van der Waals surface area contributed by atoms with E-state index < -0.39 is 0 Å². The lowest BCUT2D eigenvalue weighted by Gasteiger charge is -2.08.